The number of nitrogens with one attached hydrogen (secondary N) is 2. The van der Waals surface area contributed by atoms with Crippen molar-refractivity contribution in [1.29, 1.82) is 0 Å². The molecule has 34 heavy (non-hydrogen) atoms. The molecule has 2 heterocycles. The Morgan fingerprint density at radius 3 is 2.38 bits per heavy atom. The summed E-state index contributed by atoms with van der Waals surface area (Å²) in [4.78, 5) is 32.6. The van der Waals surface area contributed by atoms with E-state index in [1.165, 1.54) is 36.7 Å². The first-order valence-electron chi connectivity index (χ1n) is 9.84. The van der Waals surface area contributed by atoms with Crippen LogP contribution in [0.5, 0.6) is 5.75 Å². The van der Waals surface area contributed by atoms with Gasteiger partial charge >= 0.3 is 0 Å². The van der Waals surface area contributed by atoms with Crippen LogP contribution in [0.1, 0.15) is 16.1 Å². The summed E-state index contributed by atoms with van der Waals surface area (Å²) in [7, 11) is -3.94. The second-order valence-corrected chi connectivity index (χ2v) is 8.81. The molecule has 2 aromatic heterocycles. The van der Waals surface area contributed by atoms with Gasteiger partial charge in [0.1, 0.15) is 0 Å². The van der Waals surface area contributed by atoms with Crippen molar-refractivity contribution < 1.29 is 18.3 Å². The number of hydrogen-bond acceptors (Lipinski definition) is 8. The van der Waals surface area contributed by atoms with Gasteiger partial charge in [-0.25, -0.2) is 23.1 Å². The van der Waals surface area contributed by atoms with Crippen LogP contribution in [-0.4, -0.2) is 39.2 Å². The number of amides is 1. The fourth-order valence-corrected chi connectivity index (χ4v) is 3.95. The molecule has 4 aromatic rings. The van der Waals surface area contributed by atoms with E-state index in [2.05, 4.69) is 25.1 Å². The second-order valence-electron chi connectivity index (χ2n) is 7.12. The monoisotopic (exact) mass is 478 g/mol. The fraction of sp³-hybridized carbons (Fsp3) is 0.0455. The molecule has 0 saturated heterocycles. The Hall–Kier alpha value is -4.58. The molecule has 0 saturated carbocycles. The van der Waals surface area contributed by atoms with E-state index in [9.17, 15) is 23.1 Å². The van der Waals surface area contributed by atoms with Crippen molar-refractivity contribution in [2.24, 2.45) is 0 Å². The van der Waals surface area contributed by atoms with Crippen molar-refractivity contribution >= 4 is 27.6 Å². The molecule has 0 aliphatic heterocycles. The minimum atomic E-state index is -3.94. The molecule has 0 radical (unpaired) electrons. The van der Waals surface area contributed by atoms with Crippen molar-refractivity contribution in [3.05, 3.63) is 94.7 Å². The summed E-state index contributed by atoms with van der Waals surface area (Å²) >= 11 is 0. The summed E-state index contributed by atoms with van der Waals surface area (Å²) in [6, 6.07) is 14.7. The first kappa shape index (κ1) is 22.6. The zero-order chi connectivity index (χ0) is 24.3. The molecule has 0 fully saturated rings. The molecule has 11 nitrogen and oxygen atoms in total. The number of carbonyl (C=O) groups is 1. The summed E-state index contributed by atoms with van der Waals surface area (Å²) in [5.74, 6) is -1.45. The van der Waals surface area contributed by atoms with Gasteiger partial charge < -0.3 is 10.4 Å². The van der Waals surface area contributed by atoms with Crippen LogP contribution in [0, 0.1) is 6.92 Å². The summed E-state index contributed by atoms with van der Waals surface area (Å²) < 4.78 is 28.2. The Balaban J connectivity index is 1.55. The first-order valence-corrected chi connectivity index (χ1v) is 11.3. The molecule has 0 aliphatic carbocycles. The number of rotatable bonds is 6. The number of anilines is 2. The largest absolute Gasteiger partial charge is 0.505 e. The van der Waals surface area contributed by atoms with Gasteiger partial charge in [0.15, 0.2) is 11.4 Å². The summed E-state index contributed by atoms with van der Waals surface area (Å²) in [6.45, 7) is 1.84. The topological polar surface area (TPSA) is 156 Å². The third-order valence-electron chi connectivity index (χ3n) is 4.59. The SMILES string of the molecule is Cc1cccc(-n2nc(C(=O)Nc3ccc(S(=O)(=O)Nc4ncccn4)cc3)c(O)cc2=O)c1. The highest BCUT2D eigenvalue weighted by Gasteiger charge is 2.19. The lowest BCUT2D eigenvalue weighted by molar-refractivity contribution is 0.101. The highest BCUT2D eigenvalue weighted by molar-refractivity contribution is 7.92. The lowest BCUT2D eigenvalue weighted by Gasteiger charge is -2.11. The van der Waals surface area contributed by atoms with E-state index in [0.29, 0.717) is 5.69 Å². The van der Waals surface area contributed by atoms with Crippen LogP contribution in [0.15, 0.2) is 82.7 Å². The Kier molecular flexibility index (Phi) is 6.06. The lowest BCUT2D eigenvalue weighted by atomic mass is 10.2. The Morgan fingerprint density at radius 1 is 1.00 bits per heavy atom. The van der Waals surface area contributed by atoms with Gasteiger partial charge in [-0.1, -0.05) is 12.1 Å². The maximum Gasteiger partial charge on any atom is 0.279 e. The lowest BCUT2D eigenvalue weighted by Crippen LogP contribution is -2.25. The van der Waals surface area contributed by atoms with Crippen LogP contribution in [0.2, 0.25) is 0 Å². The number of aromatic nitrogens is 4. The highest BCUT2D eigenvalue weighted by atomic mass is 32.2. The molecule has 3 N–H and O–H groups in total. The molecule has 12 heteroatoms. The average molecular weight is 478 g/mol. The fourth-order valence-electron chi connectivity index (χ4n) is 2.99. The van der Waals surface area contributed by atoms with Crippen LogP contribution in [0.25, 0.3) is 5.69 Å². The number of aryl methyl sites for hydroxylation is 1. The van der Waals surface area contributed by atoms with Crippen LogP contribution in [-0.2, 0) is 10.0 Å². The number of sulfonamides is 1. The van der Waals surface area contributed by atoms with Gasteiger partial charge in [0.05, 0.1) is 10.6 Å². The number of hydrogen-bond donors (Lipinski definition) is 3. The molecular formula is C22H18N6O5S. The second kappa shape index (κ2) is 9.11. The van der Waals surface area contributed by atoms with Gasteiger partial charge in [0.2, 0.25) is 5.95 Å². The number of aromatic hydroxyl groups is 1. The summed E-state index contributed by atoms with van der Waals surface area (Å²) in [5.41, 5.74) is 0.580. The predicted molar refractivity (Wildman–Crippen MR) is 123 cm³/mol. The smallest absolute Gasteiger partial charge is 0.279 e. The molecule has 4 rings (SSSR count). The maximum atomic E-state index is 12.7. The normalized spacial score (nSPS) is 11.1. The van der Waals surface area contributed by atoms with E-state index >= 15 is 0 Å². The van der Waals surface area contributed by atoms with Crippen molar-refractivity contribution in [2.45, 2.75) is 11.8 Å². The molecule has 0 atom stereocenters. The van der Waals surface area contributed by atoms with Crippen LogP contribution < -0.4 is 15.6 Å². The third kappa shape index (κ3) is 4.91. The van der Waals surface area contributed by atoms with Gasteiger partial charge in [-0.15, -0.1) is 0 Å². The first-order chi connectivity index (χ1) is 16.2. The minimum absolute atomic E-state index is 0.0769. The summed E-state index contributed by atoms with van der Waals surface area (Å²) in [6.07, 6.45) is 2.80. The zero-order valence-electron chi connectivity index (χ0n) is 17.7. The van der Waals surface area contributed by atoms with Crippen molar-refractivity contribution in [3.63, 3.8) is 0 Å². The van der Waals surface area contributed by atoms with E-state index in [-0.39, 0.29) is 22.2 Å². The zero-order valence-corrected chi connectivity index (χ0v) is 18.5. The molecule has 0 unspecified atom stereocenters. The van der Waals surface area contributed by atoms with Crippen LogP contribution in [0.4, 0.5) is 11.6 Å². The van der Waals surface area contributed by atoms with E-state index in [0.717, 1.165) is 16.3 Å². The Labute approximate surface area is 193 Å². The van der Waals surface area contributed by atoms with Crippen LogP contribution >= 0.6 is 0 Å². The van der Waals surface area contributed by atoms with E-state index in [1.54, 1.807) is 24.3 Å². The van der Waals surface area contributed by atoms with E-state index in [1.807, 2.05) is 13.0 Å². The van der Waals surface area contributed by atoms with Gasteiger partial charge in [-0.2, -0.15) is 9.78 Å². The van der Waals surface area contributed by atoms with Gasteiger partial charge in [0.25, 0.3) is 21.5 Å². The number of benzene rings is 2. The number of carbonyl (C=O) groups excluding carboxylic acids is 1. The third-order valence-corrected chi connectivity index (χ3v) is 5.93. The van der Waals surface area contributed by atoms with Crippen molar-refractivity contribution in [1.82, 2.24) is 19.7 Å². The Morgan fingerprint density at radius 2 is 1.71 bits per heavy atom. The highest BCUT2D eigenvalue weighted by Crippen LogP contribution is 2.19. The average Bonchev–Trinajstić information content (AvgIpc) is 2.80. The van der Waals surface area contributed by atoms with Crippen molar-refractivity contribution in [3.8, 4) is 11.4 Å². The van der Waals surface area contributed by atoms with Gasteiger partial charge in [-0.3, -0.25) is 9.59 Å². The predicted octanol–water partition coefficient (Wildman–Crippen LogP) is 2.09. The number of nitrogens with zero attached hydrogens (tertiary/aromatic N) is 4. The molecular weight excluding hydrogens is 460 g/mol. The molecule has 2 aromatic carbocycles. The van der Waals surface area contributed by atoms with Gasteiger partial charge in [0, 0.05) is 24.1 Å². The van der Waals surface area contributed by atoms with Gasteiger partial charge in [-0.05, 0) is 55.0 Å². The van der Waals surface area contributed by atoms with E-state index < -0.39 is 27.2 Å². The molecule has 172 valence electrons. The van der Waals surface area contributed by atoms with Crippen LogP contribution in [0.3, 0.4) is 0 Å². The quantitative estimate of drug-likeness (QED) is 0.380. The standard InChI is InChI=1S/C22H18N6O5S/c1-14-4-2-5-16(12-14)28-19(30)13-18(29)20(26-28)21(31)25-15-6-8-17(9-7-15)34(32,33)27-22-23-10-3-11-24-22/h2-13,29H,1H3,(H,25,31)(H,23,24,27). The minimum Gasteiger partial charge on any atom is -0.505 e. The molecule has 0 bridgehead atoms. The molecule has 1 amide bonds. The van der Waals surface area contributed by atoms with Crippen molar-refractivity contribution in [2.75, 3.05) is 10.0 Å². The van der Waals surface area contributed by atoms with E-state index in [4.69, 9.17) is 0 Å². The Bertz CT molecular complexity index is 1520. The molecule has 0 aliphatic rings. The molecule has 0 spiro atoms. The summed E-state index contributed by atoms with van der Waals surface area (Å²) in [5, 5.41) is 16.6. The maximum absolute atomic E-state index is 12.7.